The normalized spacial score (nSPS) is 18.7. The van der Waals surface area contributed by atoms with Crippen LogP contribution in [0.2, 0.25) is 0 Å². The maximum Gasteiger partial charge on any atom is 0.0764 e. The summed E-state index contributed by atoms with van der Waals surface area (Å²) in [6.07, 6.45) is 4.60. The first-order valence-corrected chi connectivity index (χ1v) is 6.30. The van der Waals surface area contributed by atoms with E-state index in [0.717, 1.165) is 38.2 Å². The summed E-state index contributed by atoms with van der Waals surface area (Å²) in [7, 11) is 1.95. The van der Waals surface area contributed by atoms with Gasteiger partial charge in [0.15, 0.2) is 0 Å². The third-order valence-electron chi connectivity index (χ3n) is 3.16. The Hall–Kier alpha value is -0.910. The Labute approximate surface area is 103 Å². The summed E-state index contributed by atoms with van der Waals surface area (Å²) in [5.74, 6) is 0. The largest absolute Gasteiger partial charge is 0.377 e. The molecule has 0 saturated carbocycles. The molecule has 0 spiro atoms. The first kappa shape index (κ1) is 12.5. The molecule has 0 aromatic carbocycles. The van der Waals surface area contributed by atoms with Crippen LogP contribution in [-0.4, -0.2) is 47.0 Å². The Morgan fingerprint density at radius 3 is 2.82 bits per heavy atom. The van der Waals surface area contributed by atoms with Crippen molar-refractivity contribution in [3.05, 3.63) is 18.0 Å². The van der Waals surface area contributed by atoms with Gasteiger partial charge in [-0.25, -0.2) is 0 Å². The summed E-state index contributed by atoms with van der Waals surface area (Å²) in [6, 6.07) is 2.08. The second kappa shape index (κ2) is 6.14. The molecule has 5 nitrogen and oxygen atoms in total. The molecule has 1 aliphatic heterocycles. The van der Waals surface area contributed by atoms with Crippen molar-refractivity contribution in [2.24, 2.45) is 12.8 Å². The van der Waals surface area contributed by atoms with E-state index < -0.39 is 0 Å². The monoisotopic (exact) mass is 238 g/mol. The van der Waals surface area contributed by atoms with E-state index in [1.807, 2.05) is 17.9 Å². The van der Waals surface area contributed by atoms with Crippen LogP contribution in [0.1, 0.15) is 18.5 Å². The minimum Gasteiger partial charge on any atom is -0.377 e. The lowest BCUT2D eigenvalue weighted by atomic mass is 10.1. The molecule has 96 valence electrons. The Morgan fingerprint density at radius 1 is 1.47 bits per heavy atom. The van der Waals surface area contributed by atoms with Gasteiger partial charge in [0, 0.05) is 39.4 Å². The number of nitrogens with zero attached hydrogens (tertiary/aromatic N) is 3. The summed E-state index contributed by atoms with van der Waals surface area (Å²) >= 11 is 0. The van der Waals surface area contributed by atoms with Gasteiger partial charge >= 0.3 is 0 Å². The van der Waals surface area contributed by atoms with Crippen LogP contribution >= 0.6 is 0 Å². The van der Waals surface area contributed by atoms with Crippen LogP contribution in [0.4, 0.5) is 0 Å². The lowest BCUT2D eigenvalue weighted by Gasteiger charge is -2.31. The summed E-state index contributed by atoms with van der Waals surface area (Å²) in [5, 5.41) is 4.40. The van der Waals surface area contributed by atoms with Gasteiger partial charge in [-0.15, -0.1) is 0 Å². The van der Waals surface area contributed by atoms with Crippen LogP contribution in [-0.2, 0) is 18.3 Å². The number of nitrogens with two attached hydrogens (primary N) is 1. The first-order chi connectivity index (χ1) is 8.28. The van der Waals surface area contributed by atoms with Gasteiger partial charge in [-0.2, -0.15) is 5.10 Å². The van der Waals surface area contributed by atoms with Crippen LogP contribution in [0.3, 0.4) is 0 Å². The van der Waals surface area contributed by atoms with Gasteiger partial charge in [0.25, 0.3) is 0 Å². The number of piperidine rings is 1. The van der Waals surface area contributed by atoms with E-state index in [2.05, 4.69) is 16.1 Å². The summed E-state index contributed by atoms with van der Waals surface area (Å²) < 4.78 is 7.52. The highest BCUT2D eigenvalue weighted by atomic mass is 16.5. The Bertz CT molecular complexity index is 331. The maximum absolute atomic E-state index is 5.66. The van der Waals surface area contributed by atoms with Gasteiger partial charge in [-0.3, -0.25) is 9.58 Å². The van der Waals surface area contributed by atoms with Crippen LogP contribution in [0.25, 0.3) is 0 Å². The molecule has 1 fully saturated rings. The first-order valence-electron chi connectivity index (χ1n) is 6.30. The molecule has 1 aliphatic rings. The molecule has 0 atom stereocenters. The molecule has 0 aliphatic carbocycles. The Kier molecular flexibility index (Phi) is 4.53. The third-order valence-corrected chi connectivity index (χ3v) is 3.16. The number of aryl methyl sites for hydroxylation is 1. The van der Waals surface area contributed by atoms with E-state index >= 15 is 0 Å². The molecular weight excluding hydrogens is 216 g/mol. The average molecular weight is 238 g/mol. The van der Waals surface area contributed by atoms with Gasteiger partial charge in [0.1, 0.15) is 0 Å². The quantitative estimate of drug-likeness (QED) is 0.804. The van der Waals surface area contributed by atoms with Crippen molar-refractivity contribution < 1.29 is 4.74 Å². The molecule has 1 saturated heterocycles. The van der Waals surface area contributed by atoms with Gasteiger partial charge in [-0.1, -0.05) is 0 Å². The van der Waals surface area contributed by atoms with E-state index in [9.17, 15) is 0 Å². The third kappa shape index (κ3) is 3.80. The number of hydrogen-bond donors (Lipinski definition) is 1. The standard InChI is InChI=1S/C12H22N4O/c1-15-6-2-11(14-15)10-16-7-3-12(4-8-16)17-9-5-13/h2,6,12H,3-5,7-10,13H2,1H3. The molecular formula is C12H22N4O. The Balaban J connectivity index is 1.72. The second-order valence-corrected chi connectivity index (χ2v) is 4.62. The van der Waals surface area contributed by atoms with Gasteiger partial charge in [0.2, 0.25) is 0 Å². The molecule has 0 radical (unpaired) electrons. The predicted molar refractivity (Wildman–Crippen MR) is 66.5 cm³/mol. The summed E-state index contributed by atoms with van der Waals surface area (Å²) in [5.41, 5.74) is 6.58. The van der Waals surface area contributed by atoms with E-state index in [1.54, 1.807) is 0 Å². The molecule has 0 bridgehead atoms. The molecule has 0 unspecified atom stereocenters. The number of ether oxygens (including phenoxy) is 1. The number of hydrogen-bond acceptors (Lipinski definition) is 4. The smallest absolute Gasteiger partial charge is 0.0764 e. The molecule has 1 aromatic heterocycles. The van der Waals surface area contributed by atoms with Crippen LogP contribution in [0.5, 0.6) is 0 Å². The fourth-order valence-electron chi connectivity index (χ4n) is 2.25. The van der Waals surface area contributed by atoms with E-state index in [-0.39, 0.29) is 0 Å². The number of rotatable bonds is 5. The zero-order valence-corrected chi connectivity index (χ0v) is 10.5. The van der Waals surface area contributed by atoms with Crippen molar-refractivity contribution in [1.29, 1.82) is 0 Å². The predicted octanol–water partition coefficient (Wildman–Crippen LogP) is 0.360. The molecule has 2 heterocycles. The fourth-order valence-corrected chi connectivity index (χ4v) is 2.25. The highest BCUT2D eigenvalue weighted by Gasteiger charge is 2.19. The summed E-state index contributed by atoms with van der Waals surface area (Å²) in [6.45, 7) is 4.43. The molecule has 2 N–H and O–H groups in total. The van der Waals surface area contributed by atoms with Crippen molar-refractivity contribution >= 4 is 0 Å². The van der Waals surface area contributed by atoms with Crippen molar-refractivity contribution in [3.8, 4) is 0 Å². The minimum absolute atomic E-state index is 0.401. The van der Waals surface area contributed by atoms with E-state index in [1.165, 1.54) is 0 Å². The number of likely N-dealkylation sites (tertiary alicyclic amines) is 1. The second-order valence-electron chi connectivity index (χ2n) is 4.62. The lowest BCUT2D eigenvalue weighted by molar-refractivity contribution is 0.00952. The summed E-state index contributed by atoms with van der Waals surface area (Å²) in [4.78, 5) is 2.44. The van der Waals surface area contributed by atoms with Crippen LogP contribution < -0.4 is 5.73 Å². The molecule has 0 amide bonds. The molecule has 1 aromatic rings. The zero-order chi connectivity index (χ0) is 12.1. The topological polar surface area (TPSA) is 56.3 Å². The minimum atomic E-state index is 0.401. The molecule has 5 heteroatoms. The van der Waals surface area contributed by atoms with Crippen molar-refractivity contribution in [2.45, 2.75) is 25.5 Å². The Morgan fingerprint density at radius 2 is 2.24 bits per heavy atom. The van der Waals surface area contributed by atoms with Crippen LogP contribution in [0.15, 0.2) is 12.3 Å². The molecule has 2 rings (SSSR count). The van der Waals surface area contributed by atoms with Crippen molar-refractivity contribution in [1.82, 2.24) is 14.7 Å². The zero-order valence-electron chi connectivity index (χ0n) is 10.5. The fraction of sp³-hybridized carbons (Fsp3) is 0.750. The van der Waals surface area contributed by atoms with Crippen LogP contribution in [0, 0.1) is 0 Å². The number of aromatic nitrogens is 2. The van der Waals surface area contributed by atoms with Crippen molar-refractivity contribution in [3.63, 3.8) is 0 Å². The highest BCUT2D eigenvalue weighted by molar-refractivity contribution is 4.98. The van der Waals surface area contributed by atoms with E-state index in [4.69, 9.17) is 10.5 Å². The van der Waals surface area contributed by atoms with Gasteiger partial charge in [0.05, 0.1) is 18.4 Å². The molecule has 17 heavy (non-hydrogen) atoms. The van der Waals surface area contributed by atoms with Crippen molar-refractivity contribution in [2.75, 3.05) is 26.2 Å². The lowest BCUT2D eigenvalue weighted by Crippen LogP contribution is -2.37. The average Bonchev–Trinajstić information content (AvgIpc) is 2.74. The maximum atomic E-state index is 5.66. The highest BCUT2D eigenvalue weighted by Crippen LogP contribution is 2.15. The van der Waals surface area contributed by atoms with Gasteiger partial charge in [-0.05, 0) is 18.9 Å². The van der Waals surface area contributed by atoms with E-state index in [0.29, 0.717) is 19.3 Å². The van der Waals surface area contributed by atoms with Gasteiger partial charge < -0.3 is 10.5 Å². The SMILES string of the molecule is Cn1ccc(CN2CCC(OCCN)CC2)n1.